The van der Waals surface area contributed by atoms with Gasteiger partial charge in [-0.1, -0.05) is 48.2 Å². The molecule has 2 heterocycles. The molecule has 0 aliphatic rings. The molecule has 3 rings (SSSR count). The number of aromatic nitrogens is 4. The normalized spacial score (nSPS) is 10.7. The summed E-state index contributed by atoms with van der Waals surface area (Å²) in [6.45, 7) is 4.55. The summed E-state index contributed by atoms with van der Waals surface area (Å²) in [7, 11) is 0. The fraction of sp³-hybridized carbons (Fsp3) is 0.211. The smallest absolute Gasteiger partial charge is 0.191 e. The van der Waals surface area contributed by atoms with E-state index >= 15 is 0 Å². The fourth-order valence-electron chi connectivity index (χ4n) is 2.49. The number of allylic oxidation sites excluding steroid dienone is 1. The van der Waals surface area contributed by atoms with E-state index in [9.17, 15) is 0 Å². The summed E-state index contributed by atoms with van der Waals surface area (Å²) in [5.74, 6) is 1.88. The van der Waals surface area contributed by atoms with Crippen molar-refractivity contribution in [3.8, 4) is 11.4 Å². The van der Waals surface area contributed by atoms with Crippen molar-refractivity contribution in [1.29, 1.82) is 0 Å². The molecule has 0 aliphatic heterocycles. The van der Waals surface area contributed by atoms with Gasteiger partial charge < -0.3 is 0 Å². The fourth-order valence-corrected chi connectivity index (χ4v) is 3.37. The lowest BCUT2D eigenvalue weighted by Gasteiger charge is -2.07. The van der Waals surface area contributed by atoms with E-state index in [2.05, 4.69) is 56.7 Å². The van der Waals surface area contributed by atoms with E-state index < -0.39 is 0 Å². The predicted octanol–water partition coefficient (Wildman–Crippen LogP) is 4.25. The predicted molar refractivity (Wildman–Crippen MR) is 98.9 cm³/mol. The average molecular weight is 336 g/mol. The van der Waals surface area contributed by atoms with Crippen LogP contribution in [0.4, 0.5) is 0 Å². The molecule has 0 atom stereocenters. The second-order valence-electron chi connectivity index (χ2n) is 5.38. The van der Waals surface area contributed by atoms with Crippen LogP contribution in [0.1, 0.15) is 12.0 Å². The highest BCUT2D eigenvalue weighted by Crippen LogP contribution is 2.24. The number of hydrogen-bond acceptors (Lipinski definition) is 4. The maximum Gasteiger partial charge on any atom is 0.191 e. The summed E-state index contributed by atoms with van der Waals surface area (Å²) in [4.78, 5) is 4.06. The summed E-state index contributed by atoms with van der Waals surface area (Å²) in [6.07, 6.45) is 7.62. The van der Waals surface area contributed by atoms with Crippen LogP contribution in [0.3, 0.4) is 0 Å². The minimum Gasteiger partial charge on any atom is -0.298 e. The number of aryl methyl sites for hydroxylation is 1. The molecular weight excluding hydrogens is 316 g/mol. The lowest BCUT2D eigenvalue weighted by molar-refractivity contribution is 0.730. The molecule has 2 aromatic heterocycles. The van der Waals surface area contributed by atoms with Gasteiger partial charge in [-0.05, 0) is 30.5 Å². The van der Waals surface area contributed by atoms with Gasteiger partial charge in [-0.2, -0.15) is 0 Å². The van der Waals surface area contributed by atoms with Gasteiger partial charge in [0.05, 0.1) is 0 Å². The van der Waals surface area contributed by atoms with Gasteiger partial charge in [0.2, 0.25) is 0 Å². The van der Waals surface area contributed by atoms with Crippen LogP contribution in [-0.4, -0.2) is 25.5 Å². The van der Waals surface area contributed by atoms with Gasteiger partial charge >= 0.3 is 0 Å². The van der Waals surface area contributed by atoms with Gasteiger partial charge in [-0.25, -0.2) is 0 Å². The molecule has 0 saturated heterocycles. The number of pyridine rings is 1. The lowest BCUT2D eigenvalue weighted by atomic mass is 10.1. The first kappa shape index (κ1) is 16.5. The SMILES string of the molecule is C=CCn1c(SCCCc2ccccc2)nnc1-c1ccncc1. The van der Waals surface area contributed by atoms with Gasteiger partial charge in [0.1, 0.15) is 0 Å². The van der Waals surface area contributed by atoms with E-state index in [4.69, 9.17) is 0 Å². The topological polar surface area (TPSA) is 43.6 Å². The zero-order valence-electron chi connectivity index (χ0n) is 13.5. The molecule has 4 nitrogen and oxygen atoms in total. The Morgan fingerprint density at radius 1 is 1.04 bits per heavy atom. The zero-order chi connectivity index (χ0) is 16.6. The molecular formula is C19H20N4S. The van der Waals surface area contributed by atoms with E-state index in [1.165, 1.54) is 5.56 Å². The van der Waals surface area contributed by atoms with E-state index in [1.807, 2.05) is 18.2 Å². The van der Waals surface area contributed by atoms with Crippen LogP contribution >= 0.6 is 11.8 Å². The summed E-state index contributed by atoms with van der Waals surface area (Å²) in [5.41, 5.74) is 2.40. The van der Waals surface area contributed by atoms with Crippen molar-refractivity contribution in [3.63, 3.8) is 0 Å². The number of thioether (sulfide) groups is 1. The second-order valence-corrected chi connectivity index (χ2v) is 6.44. The third-order valence-electron chi connectivity index (χ3n) is 3.65. The standard InChI is InChI=1S/C19H20N4S/c1-2-14-23-18(17-10-12-20-13-11-17)21-22-19(23)24-15-6-9-16-7-4-3-5-8-16/h2-5,7-8,10-13H,1,6,9,14-15H2. The Morgan fingerprint density at radius 2 is 1.83 bits per heavy atom. The van der Waals surface area contributed by atoms with Crippen LogP contribution in [0.15, 0.2) is 72.7 Å². The van der Waals surface area contributed by atoms with Crippen LogP contribution in [0.2, 0.25) is 0 Å². The van der Waals surface area contributed by atoms with Crippen molar-refractivity contribution in [3.05, 3.63) is 73.1 Å². The Kier molecular flexibility index (Phi) is 5.80. The van der Waals surface area contributed by atoms with Crippen LogP contribution < -0.4 is 0 Å². The molecule has 0 spiro atoms. The minimum atomic E-state index is 0.700. The highest BCUT2D eigenvalue weighted by atomic mass is 32.2. The van der Waals surface area contributed by atoms with E-state index in [0.29, 0.717) is 6.54 Å². The Hall–Kier alpha value is -2.40. The molecule has 0 aliphatic carbocycles. The molecule has 0 amide bonds. The van der Waals surface area contributed by atoms with Crippen LogP contribution in [0.5, 0.6) is 0 Å². The van der Waals surface area contributed by atoms with E-state index in [0.717, 1.165) is 35.1 Å². The molecule has 0 bridgehead atoms. The maximum atomic E-state index is 4.36. The Balaban J connectivity index is 1.65. The lowest BCUT2D eigenvalue weighted by Crippen LogP contribution is -2.01. The number of hydrogen-bond donors (Lipinski definition) is 0. The van der Waals surface area contributed by atoms with Crippen molar-refractivity contribution in [1.82, 2.24) is 19.7 Å². The summed E-state index contributed by atoms with van der Waals surface area (Å²) in [5, 5.41) is 9.66. The number of rotatable bonds is 8. The number of nitrogens with zero attached hydrogens (tertiary/aromatic N) is 4. The molecule has 5 heteroatoms. The van der Waals surface area contributed by atoms with Crippen molar-refractivity contribution in [2.75, 3.05) is 5.75 Å². The first-order valence-corrected chi connectivity index (χ1v) is 8.98. The largest absolute Gasteiger partial charge is 0.298 e. The van der Waals surface area contributed by atoms with Gasteiger partial charge in [0, 0.05) is 30.3 Å². The molecule has 0 saturated carbocycles. The van der Waals surface area contributed by atoms with Crippen molar-refractivity contribution in [2.45, 2.75) is 24.5 Å². The third kappa shape index (κ3) is 4.11. The molecule has 122 valence electrons. The maximum absolute atomic E-state index is 4.36. The van der Waals surface area contributed by atoms with Crippen molar-refractivity contribution in [2.24, 2.45) is 0 Å². The number of benzene rings is 1. The van der Waals surface area contributed by atoms with Crippen molar-refractivity contribution < 1.29 is 0 Å². The van der Waals surface area contributed by atoms with Crippen LogP contribution in [0.25, 0.3) is 11.4 Å². The van der Waals surface area contributed by atoms with Crippen LogP contribution in [-0.2, 0) is 13.0 Å². The minimum absolute atomic E-state index is 0.700. The summed E-state index contributed by atoms with van der Waals surface area (Å²) < 4.78 is 2.11. The second kappa shape index (κ2) is 8.45. The monoisotopic (exact) mass is 336 g/mol. The molecule has 0 unspecified atom stereocenters. The first-order valence-electron chi connectivity index (χ1n) is 7.99. The van der Waals surface area contributed by atoms with E-state index in [-0.39, 0.29) is 0 Å². The Labute approximate surface area is 146 Å². The Bertz CT molecular complexity index is 769. The van der Waals surface area contributed by atoms with Gasteiger partial charge in [-0.15, -0.1) is 16.8 Å². The highest BCUT2D eigenvalue weighted by molar-refractivity contribution is 7.99. The molecule has 1 aromatic carbocycles. The third-order valence-corrected chi connectivity index (χ3v) is 4.70. The molecule has 0 fully saturated rings. The first-order chi connectivity index (χ1) is 11.9. The van der Waals surface area contributed by atoms with E-state index in [1.54, 1.807) is 24.2 Å². The molecule has 0 N–H and O–H groups in total. The quantitative estimate of drug-likeness (QED) is 0.350. The highest BCUT2D eigenvalue weighted by Gasteiger charge is 2.13. The summed E-state index contributed by atoms with van der Waals surface area (Å²) >= 11 is 1.75. The average Bonchev–Trinajstić information content (AvgIpc) is 3.03. The van der Waals surface area contributed by atoms with Gasteiger partial charge in [0.25, 0.3) is 0 Å². The zero-order valence-corrected chi connectivity index (χ0v) is 14.3. The van der Waals surface area contributed by atoms with Gasteiger partial charge in [-0.3, -0.25) is 9.55 Å². The molecule has 3 aromatic rings. The molecule has 24 heavy (non-hydrogen) atoms. The van der Waals surface area contributed by atoms with Gasteiger partial charge in [0.15, 0.2) is 11.0 Å². The summed E-state index contributed by atoms with van der Waals surface area (Å²) in [6, 6.07) is 14.5. The molecule has 0 radical (unpaired) electrons. The van der Waals surface area contributed by atoms with Crippen molar-refractivity contribution >= 4 is 11.8 Å². The Morgan fingerprint density at radius 3 is 2.58 bits per heavy atom. The van der Waals surface area contributed by atoms with Crippen LogP contribution in [0, 0.1) is 0 Å².